The molecule has 2 heterocycles. The molecule has 2 aliphatic carbocycles. The fraction of sp³-hybridized carbons (Fsp3) is 0.340. The molecule has 3 fully saturated rings. The van der Waals surface area contributed by atoms with Gasteiger partial charge in [-0.05, 0) is 71.7 Å². The summed E-state index contributed by atoms with van der Waals surface area (Å²) in [6.45, 7) is -0.486. The number of nitrogens with one attached hydrogen (secondary N) is 1. The summed E-state index contributed by atoms with van der Waals surface area (Å²) in [7, 11) is 0. The van der Waals surface area contributed by atoms with Gasteiger partial charge in [-0.1, -0.05) is 140 Å². The number of ether oxygens (including phenoxy) is 2. The number of nitrogens with zero attached hydrogens (tertiary/aromatic N) is 1. The Kier molecular flexibility index (Phi) is 12.0. The summed E-state index contributed by atoms with van der Waals surface area (Å²) >= 11 is 0. The van der Waals surface area contributed by atoms with E-state index >= 15 is 14.4 Å². The van der Waals surface area contributed by atoms with Crippen molar-refractivity contribution in [2.45, 2.75) is 86.3 Å². The van der Waals surface area contributed by atoms with Crippen LogP contribution in [0, 0.1) is 17.8 Å². The van der Waals surface area contributed by atoms with Crippen molar-refractivity contribution in [3.8, 4) is 17.6 Å². The van der Waals surface area contributed by atoms with Gasteiger partial charge in [0.2, 0.25) is 5.91 Å². The molecular weight excluding hydrogens is 793 g/mol. The van der Waals surface area contributed by atoms with Crippen LogP contribution in [0.3, 0.4) is 0 Å². The number of aliphatic hydroxyl groups excluding tert-OH is 2. The zero-order valence-corrected chi connectivity index (χ0v) is 35.1. The van der Waals surface area contributed by atoms with Crippen LogP contribution in [0.15, 0.2) is 133 Å². The first-order chi connectivity index (χ1) is 30.7. The van der Waals surface area contributed by atoms with Crippen molar-refractivity contribution in [1.29, 1.82) is 0 Å². The molecule has 1 saturated carbocycles. The Morgan fingerprint density at radius 3 is 2.17 bits per heavy atom. The van der Waals surface area contributed by atoms with Crippen LogP contribution in [0.2, 0.25) is 0 Å². The minimum Gasteiger partial charge on any atom is -0.491 e. The number of rotatable bonds is 10. The molecule has 4 aliphatic rings. The van der Waals surface area contributed by atoms with E-state index < -0.39 is 59.1 Å². The van der Waals surface area contributed by atoms with E-state index in [1.807, 2.05) is 108 Å². The molecule has 322 valence electrons. The predicted octanol–water partition coefficient (Wildman–Crippen LogP) is 6.79. The van der Waals surface area contributed by atoms with Gasteiger partial charge < -0.3 is 30.1 Å². The van der Waals surface area contributed by atoms with E-state index in [4.69, 9.17) is 9.47 Å². The van der Waals surface area contributed by atoms with Gasteiger partial charge in [0, 0.05) is 24.1 Å². The molecule has 0 aromatic heterocycles. The smallest absolute Gasteiger partial charge is 0.324 e. The molecule has 9 rings (SSSR count). The lowest BCUT2D eigenvalue weighted by atomic mass is 9.64. The monoisotopic (exact) mass is 844 g/mol. The quantitative estimate of drug-likeness (QED) is 0.0679. The maximum absolute atomic E-state index is 15.7. The van der Waals surface area contributed by atoms with Crippen molar-refractivity contribution in [3.63, 3.8) is 0 Å². The van der Waals surface area contributed by atoms with Gasteiger partial charge in [0.1, 0.15) is 30.1 Å². The zero-order valence-electron chi connectivity index (χ0n) is 35.1. The number of ketones is 1. The maximum Gasteiger partial charge on any atom is 0.324 e. The van der Waals surface area contributed by atoms with Crippen LogP contribution in [-0.4, -0.2) is 69.3 Å². The first-order valence-electron chi connectivity index (χ1n) is 22.1. The number of Topliss-reactive ketones (excluding diaryl/α,β-unsaturated/α-hetero) is 1. The van der Waals surface area contributed by atoms with E-state index in [0.29, 0.717) is 46.4 Å². The highest BCUT2D eigenvalue weighted by Gasteiger charge is 2.73. The molecule has 0 bridgehead atoms. The second-order valence-corrected chi connectivity index (χ2v) is 17.2. The number of para-hydroxylation sites is 1. The van der Waals surface area contributed by atoms with Crippen LogP contribution in [0.5, 0.6) is 5.75 Å². The Morgan fingerprint density at radius 1 is 0.825 bits per heavy atom. The van der Waals surface area contributed by atoms with E-state index in [9.17, 15) is 15.3 Å². The third-order valence-electron chi connectivity index (χ3n) is 13.5. The molecular formula is C53H52N2O8. The number of benzene rings is 5. The molecule has 4 N–H and O–H groups in total. The Balaban J connectivity index is 1.29. The molecule has 0 radical (unpaired) electrons. The third-order valence-corrected chi connectivity index (χ3v) is 13.5. The number of esters is 1. The molecule has 0 unspecified atom stereocenters. The molecule has 10 heteroatoms. The summed E-state index contributed by atoms with van der Waals surface area (Å²) in [4.78, 5) is 48.4. The second kappa shape index (κ2) is 17.9. The maximum atomic E-state index is 15.7. The Morgan fingerprint density at radius 2 is 1.48 bits per heavy atom. The normalized spacial score (nSPS) is 25.5. The van der Waals surface area contributed by atoms with Crippen LogP contribution < -0.4 is 10.1 Å². The van der Waals surface area contributed by atoms with Crippen molar-refractivity contribution in [2.75, 3.05) is 19.8 Å². The van der Waals surface area contributed by atoms with E-state index in [2.05, 4.69) is 17.2 Å². The molecule has 1 amide bonds. The summed E-state index contributed by atoms with van der Waals surface area (Å²) in [5.74, 6) is 3.96. The van der Waals surface area contributed by atoms with Crippen LogP contribution in [0.4, 0.5) is 0 Å². The second-order valence-electron chi connectivity index (χ2n) is 17.2. The number of carbonyl (C=O) groups is 3. The van der Waals surface area contributed by atoms with Gasteiger partial charge in [0.05, 0.1) is 36.1 Å². The Bertz CT molecular complexity index is 2510. The number of hydrogen-bond acceptors (Lipinski definition) is 9. The lowest BCUT2D eigenvalue weighted by Gasteiger charge is -2.46. The van der Waals surface area contributed by atoms with Crippen LogP contribution in [0.25, 0.3) is 0 Å². The summed E-state index contributed by atoms with van der Waals surface area (Å²) in [5.41, 5.74) is 1.65. The van der Waals surface area contributed by atoms with Crippen molar-refractivity contribution in [1.82, 2.24) is 10.2 Å². The van der Waals surface area contributed by atoms with Crippen molar-refractivity contribution < 1.29 is 39.2 Å². The molecule has 2 aliphatic heterocycles. The lowest BCUT2D eigenvalue weighted by Crippen LogP contribution is -2.54. The van der Waals surface area contributed by atoms with Crippen molar-refractivity contribution in [3.05, 3.63) is 172 Å². The zero-order chi connectivity index (χ0) is 43.6. The molecule has 5 aromatic rings. The lowest BCUT2D eigenvalue weighted by molar-refractivity contribution is -0.178. The van der Waals surface area contributed by atoms with Gasteiger partial charge >= 0.3 is 5.97 Å². The fourth-order valence-corrected chi connectivity index (χ4v) is 10.7. The summed E-state index contributed by atoms with van der Waals surface area (Å²) in [5, 5.41) is 35.9. The van der Waals surface area contributed by atoms with Crippen molar-refractivity contribution in [2.24, 2.45) is 5.92 Å². The van der Waals surface area contributed by atoms with Gasteiger partial charge in [0.15, 0.2) is 5.78 Å². The highest BCUT2D eigenvalue weighted by molar-refractivity contribution is 6.06. The molecule has 2 saturated heterocycles. The van der Waals surface area contributed by atoms with Crippen molar-refractivity contribution >= 4 is 17.7 Å². The largest absolute Gasteiger partial charge is 0.491 e. The average Bonchev–Trinajstić information content (AvgIpc) is 3.68. The third kappa shape index (κ3) is 7.85. The highest BCUT2D eigenvalue weighted by Crippen LogP contribution is 2.65. The first-order valence-corrected chi connectivity index (χ1v) is 22.1. The molecule has 7 atom stereocenters. The van der Waals surface area contributed by atoms with Gasteiger partial charge in [-0.3, -0.25) is 19.3 Å². The SMILES string of the molecule is O=C1O[C@@H](c2ccccc2)[C@@H](c2ccccc2)N2[C@@H](c3ccccc3OCCO)[C@]3(C(=O)Cc4ccc(C#CC5(O)CCCCCC5)cc43)[C@@H](C(=O)NC[C@H](O)c3ccccc3)[C@H]12. The fourth-order valence-electron chi connectivity index (χ4n) is 10.7. The Hall–Kier alpha value is -6.09. The number of aliphatic hydroxyl groups is 3. The number of hydrogen-bond donors (Lipinski definition) is 4. The van der Waals surface area contributed by atoms with E-state index in [0.717, 1.165) is 36.8 Å². The number of amides is 1. The summed E-state index contributed by atoms with van der Waals surface area (Å²) < 4.78 is 12.8. The number of carbonyl (C=O) groups excluding carboxylic acids is 3. The van der Waals surface area contributed by atoms with Crippen LogP contribution in [0.1, 0.15) is 102 Å². The van der Waals surface area contributed by atoms with E-state index in [-0.39, 0.29) is 32.0 Å². The van der Waals surface area contributed by atoms with E-state index in [1.54, 1.807) is 30.3 Å². The number of fused-ring (bicyclic) bond motifs is 3. The van der Waals surface area contributed by atoms with Gasteiger partial charge in [-0.15, -0.1) is 0 Å². The first kappa shape index (κ1) is 42.2. The van der Waals surface area contributed by atoms with Gasteiger partial charge in [0.25, 0.3) is 0 Å². The van der Waals surface area contributed by atoms with Gasteiger partial charge in [-0.25, -0.2) is 0 Å². The topological polar surface area (TPSA) is 146 Å². The summed E-state index contributed by atoms with van der Waals surface area (Å²) in [6.07, 6.45) is 3.03. The molecule has 5 aromatic carbocycles. The Labute approximate surface area is 367 Å². The summed E-state index contributed by atoms with van der Waals surface area (Å²) in [6, 6.07) is 38.0. The van der Waals surface area contributed by atoms with Crippen LogP contribution >= 0.6 is 0 Å². The standard InChI is InChI=1S/C53H52N2O8/c56-30-31-62-43-23-13-12-22-40(43)49-53(41-32-35(24-25-39(41)33-44(53)58)26-29-52(61)27-14-1-2-15-28-52)45(50(59)54-34-42(57)36-16-6-3-7-17-36)47-51(60)63-48(38-20-10-5-11-21-38)46(55(47)49)37-18-8-4-9-19-37/h3-13,16-25,32,42,45-49,56-57,61H,1-2,14-15,27-28,30-31,33-34H2,(H,54,59)/t42-,45+,46+,47+,48-,49-,53+/m0/s1. The number of cyclic esters (lactones) is 1. The molecule has 10 nitrogen and oxygen atoms in total. The molecule has 1 spiro atoms. The average molecular weight is 845 g/mol. The minimum absolute atomic E-state index is 0.0205. The van der Waals surface area contributed by atoms with Crippen LogP contribution in [-0.2, 0) is 31.0 Å². The number of morpholine rings is 1. The van der Waals surface area contributed by atoms with E-state index in [1.165, 1.54) is 0 Å². The van der Waals surface area contributed by atoms with Gasteiger partial charge in [-0.2, -0.15) is 0 Å². The molecule has 63 heavy (non-hydrogen) atoms. The highest BCUT2D eigenvalue weighted by atomic mass is 16.6. The predicted molar refractivity (Wildman–Crippen MR) is 236 cm³/mol. The minimum atomic E-state index is -1.73.